The van der Waals surface area contributed by atoms with Gasteiger partial charge in [0.05, 0.1) is 25.9 Å². The summed E-state index contributed by atoms with van der Waals surface area (Å²) in [5.41, 5.74) is 1.12. The number of benzene rings is 1. The maximum Gasteiger partial charge on any atom is 0.282 e. The molecule has 2 aromatic rings. The Balaban J connectivity index is 2.02. The monoisotopic (exact) mass is 410 g/mol. The highest BCUT2D eigenvalue weighted by atomic mass is 35.5. The van der Waals surface area contributed by atoms with Crippen molar-refractivity contribution in [3.05, 3.63) is 45.2 Å². The molecule has 1 amide bonds. The van der Waals surface area contributed by atoms with E-state index in [4.69, 9.17) is 25.8 Å². The Kier molecular flexibility index (Phi) is 6.05. The largest absolute Gasteiger partial charge is 0.496 e. The van der Waals surface area contributed by atoms with Crippen molar-refractivity contribution in [2.45, 2.75) is 39.0 Å². The number of methoxy groups -OCH3 is 1. The lowest BCUT2D eigenvalue weighted by Gasteiger charge is -2.19. The van der Waals surface area contributed by atoms with Gasteiger partial charge in [0.2, 0.25) is 0 Å². The Hall–Kier alpha value is -1.67. The van der Waals surface area contributed by atoms with Crippen molar-refractivity contribution in [3.63, 3.8) is 0 Å². The minimum Gasteiger partial charge on any atom is -0.496 e. The van der Waals surface area contributed by atoms with Crippen LogP contribution in [-0.2, 0) is 21.4 Å². The molecule has 0 radical (unpaired) electrons. The first-order valence-electron chi connectivity index (χ1n) is 8.66. The quantitative estimate of drug-likeness (QED) is 0.772. The number of hydrogen-bond acceptors (Lipinski definition) is 5. The topological polar surface area (TPSA) is 62.0 Å². The molecule has 2 heterocycles. The summed E-state index contributed by atoms with van der Waals surface area (Å²) < 4.78 is 19.1. The van der Waals surface area contributed by atoms with Gasteiger partial charge in [0, 0.05) is 28.7 Å². The average Bonchev–Trinajstić information content (AvgIpc) is 3.25. The smallest absolute Gasteiger partial charge is 0.282 e. The first-order valence-corrected chi connectivity index (χ1v) is 9.81. The fourth-order valence-electron chi connectivity index (χ4n) is 2.64. The van der Waals surface area contributed by atoms with Crippen molar-refractivity contribution in [2.24, 2.45) is 4.99 Å². The van der Waals surface area contributed by atoms with Gasteiger partial charge in [-0.2, -0.15) is 4.99 Å². The highest BCUT2D eigenvalue weighted by Crippen LogP contribution is 2.24. The fourth-order valence-corrected chi connectivity index (χ4v) is 3.83. The summed E-state index contributed by atoms with van der Waals surface area (Å²) in [6, 6.07) is 4.91. The second kappa shape index (κ2) is 8.14. The van der Waals surface area contributed by atoms with Gasteiger partial charge in [-0.05, 0) is 50.5 Å². The van der Waals surface area contributed by atoms with Crippen LogP contribution in [0.1, 0.15) is 36.7 Å². The van der Waals surface area contributed by atoms with Crippen LogP contribution in [0.5, 0.6) is 5.75 Å². The maximum absolute atomic E-state index is 12.8. The molecule has 1 aliphatic rings. The predicted molar refractivity (Wildman–Crippen MR) is 105 cm³/mol. The summed E-state index contributed by atoms with van der Waals surface area (Å²) in [7, 11) is 1.51. The highest BCUT2D eigenvalue weighted by molar-refractivity contribution is 7.04. The van der Waals surface area contributed by atoms with Crippen LogP contribution < -0.4 is 9.41 Å². The van der Waals surface area contributed by atoms with Crippen LogP contribution in [0.3, 0.4) is 0 Å². The van der Waals surface area contributed by atoms with Gasteiger partial charge < -0.3 is 14.2 Å². The van der Waals surface area contributed by atoms with E-state index >= 15 is 0 Å². The zero-order chi connectivity index (χ0) is 19.6. The molecular formula is C19H23ClN2O4S. The zero-order valence-electron chi connectivity index (χ0n) is 15.8. The third-order valence-corrected chi connectivity index (χ3v) is 5.68. The van der Waals surface area contributed by atoms with Gasteiger partial charge in [0.15, 0.2) is 6.29 Å². The Labute approximate surface area is 167 Å². The van der Waals surface area contributed by atoms with E-state index in [0.717, 1.165) is 5.56 Å². The molecule has 6 nitrogen and oxygen atoms in total. The molecule has 1 aromatic carbocycles. The molecule has 1 fully saturated rings. The first-order chi connectivity index (χ1) is 12.8. The van der Waals surface area contributed by atoms with Gasteiger partial charge in [-0.15, -0.1) is 0 Å². The number of carbonyl (C=O) groups is 1. The van der Waals surface area contributed by atoms with Crippen molar-refractivity contribution in [1.82, 2.24) is 3.96 Å². The van der Waals surface area contributed by atoms with Crippen LogP contribution in [0, 0.1) is 0 Å². The van der Waals surface area contributed by atoms with Gasteiger partial charge in [0.1, 0.15) is 10.4 Å². The van der Waals surface area contributed by atoms with Gasteiger partial charge in [-0.1, -0.05) is 11.6 Å². The van der Waals surface area contributed by atoms with Crippen LogP contribution in [0.15, 0.2) is 29.4 Å². The number of hydrogen-bond donors (Lipinski definition) is 0. The van der Waals surface area contributed by atoms with Crippen molar-refractivity contribution in [2.75, 3.05) is 20.3 Å². The minimum atomic E-state index is -0.397. The molecule has 0 atom stereocenters. The maximum atomic E-state index is 12.8. The second-order valence-corrected chi connectivity index (χ2v) is 8.58. The molecule has 3 rings (SSSR count). The van der Waals surface area contributed by atoms with E-state index < -0.39 is 5.91 Å². The predicted octanol–water partition coefficient (Wildman–Crippen LogP) is 3.62. The lowest BCUT2D eigenvalue weighted by Crippen LogP contribution is -2.18. The van der Waals surface area contributed by atoms with E-state index in [0.29, 0.717) is 40.6 Å². The average molecular weight is 411 g/mol. The van der Waals surface area contributed by atoms with Crippen molar-refractivity contribution in [3.8, 4) is 5.75 Å². The third kappa shape index (κ3) is 4.79. The number of rotatable bonds is 4. The van der Waals surface area contributed by atoms with E-state index in [1.54, 1.807) is 18.2 Å². The van der Waals surface area contributed by atoms with Crippen LogP contribution >= 0.6 is 23.1 Å². The second-order valence-electron chi connectivity index (χ2n) is 7.18. The molecule has 27 heavy (non-hydrogen) atoms. The lowest BCUT2D eigenvalue weighted by molar-refractivity contribution is -0.0401. The number of ether oxygens (including phenoxy) is 3. The SMILES string of the molecule is COc1ccc(Cl)cc1C(=O)/N=c1\sn(C(C)(C)C)cc1CC1OCCO1. The summed E-state index contributed by atoms with van der Waals surface area (Å²) in [5.74, 6) is 0.0455. The van der Waals surface area contributed by atoms with Crippen molar-refractivity contribution in [1.29, 1.82) is 0 Å². The summed E-state index contributed by atoms with van der Waals surface area (Å²) in [5, 5.41) is 0.457. The number of halogens is 1. The van der Waals surface area contributed by atoms with Gasteiger partial charge in [0.25, 0.3) is 5.91 Å². The summed E-state index contributed by atoms with van der Waals surface area (Å²) in [6.45, 7) is 7.46. The summed E-state index contributed by atoms with van der Waals surface area (Å²) in [4.78, 5) is 17.2. The molecule has 0 unspecified atom stereocenters. The van der Waals surface area contributed by atoms with Crippen LogP contribution in [0.2, 0.25) is 5.02 Å². The van der Waals surface area contributed by atoms with E-state index in [1.165, 1.54) is 18.6 Å². The molecule has 0 N–H and O–H groups in total. The number of amides is 1. The van der Waals surface area contributed by atoms with Crippen molar-refractivity contribution >= 4 is 29.0 Å². The molecule has 1 aliphatic heterocycles. The number of aromatic nitrogens is 1. The van der Waals surface area contributed by atoms with Gasteiger partial charge in [-0.25, -0.2) is 0 Å². The summed E-state index contributed by atoms with van der Waals surface area (Å²) in [6.07, 6.45) is 2.24. The standard InChI is InChI=1S/C19H23ClN2O4S/c1-19(2,3)22-11-12(9-16-25-7-8-26-16)18(27-22)21-17(23)14-10-13(20)5-6-15(14)24-4/h5-6,10-11,16H,7-9H2,1-4H3/b21-18-. The minimum absolute atomic E-state index is 0.124. The Morgan fingerprint density at radius 2 is 2.07 bits per heavy atom. The van der Waals surface area contributed by atoms with Gasteiger partial charge >= 0.3 is 0 Å². The highest BCUT2D eigenvalue weighted by Gasteiger charge is 2.22. The molecule has 1 aromatic heterocycles. The number of carbonyl (C=O) groups excluding carboxylic acids is 1. The van der Waals surface area contributed by atoms with Crippen LogP contribution in [0.25, 0.3) is 0 Å². The molecule has 0 aliphatic carbocycles. The molecule has 146 valence electrons. The summed E-state index contributed by atoms with van der Waals surface area (Å²) >= 11 is 7.48. The first kappa shape index (κ1) is 20.1. The Morgan fingerprint density at radius 1 is 1.37 bits per heavy atom. The van der Waals surface area contributed by atoms with Crippen molar-refractivity contribution < 1.29 is 19.0 Å². The third-order valence-electron chi connectivity index (χ3n) is 4.07. The molecule has 8 heteroatoms. The molecule has 0 bridgehead atoms. The molecule has 1 saturated heterocycles. The van der Waals surface area contributed by atoms with Gasteiger partial charge in [-0.3, -0.25) is 8.75 Å². The molecule has 0 spiro atoms. The lowest BCUT2D eigenvalue weighted by atomic mass is 10.1. The van der Waals surface area contributed by atoms with E-state index in [9.17, 15) is 4.79 Å². The van der Waals surface area contributed by atoms with E-state index in [1.807, 2.05) is 6.20 Å². The Bertz CT molecular complexity index is 892. The zero-order valence-corrected chi connectivity index (χ0v) is 17.4. The normalized spacial score (nSPS) is 16.1. The molecular weight excluding hydrogens is 388 g/mol. The Morgan fingerprint density at radius 3 is 2.70 bits per heavy atom. The fraction of sp³-hybridized carbons (Fsp3) is 0.474. The van der Waals surface area contributed by atoms with E-state index in [-0.39, 0.29) is 11.8 Å². The number of nitrogens with zero attached hydrogens (tertiary/aromatic N) is 2. The van der Waals surface area contributed by atoms with Crippen LogP contribution in [0.4, 0.5) is 0 Å². The van der Waals surface area contributed by atoms with E-state index in [2.05, 4.69) is 29.7 Å². The van der Waals surface area contributed by atoms with Crippen LogP contribution in [-0.4, -0.2) is 36.5 Å². The molecule has 0 saturated carbocycles.